The van der Waals surface area contributed by atoms with E-state index in [-0.39, 0.29) is 10.9 Å². The summed E-state index contributed by atoms with van der Waals surface area (Å²) >= 11 is 0. The van der Waals surface area contributed by atoms with Gasteiger partial charge in [-0.2, -0.15) is 0 Å². The molecule has 1 heteroatoms. The second-order valence-corrected chi connectivity index (χ2v) is 4.91. The van der Waals surface area contributed by atoms with Crippen molar-refractivity contribution in [2.75, 3.05) is 5.75 Å². The van der Waals surface area contributed by atoms with Crippen molar-refractivity contribution in [2.24, 2.45) is 0 Å². The topological polar surface area (TPSA) is 0 Å². The zero-order valence-corrected chi connectivity index (χ0v) is 7.89. The lowest BCUT2D eigenvalue weighted by Gasteiger charge is -2.08. The van der Waals surface area contributed by atoms with Gasteiger partial charge in [-0.05, 0) is 23.0 Å². The third-order valence-corrected chi connectivity index (χ3v) is 3.78. The first-order chi connectivity index (χ1) is 5.43. The van der Waals surface area contributed by atoms with E-state index in [0.29, 0.717) is 0 Å². The van der Waals surface area contributed by atoms with Crippen LogP contribution < -0.4 is 0 Å². The molecule has 0 aromatic carbocycles. The Labute approximate surface area is 72.7 Å². The van der Waals surface area contributed by atoms with Crippen molar-refractivity contribution < 1.29 is 0 Å². The van der Waals surface area contributed by atoms with Gasteiger partial charge in [0.2, 0.25) is 0 Å². The van der Waals surface area contributed by atoms with Crippen LogP contribution >= 0.6 is 10.9 Å². The SMILES string of the molecule is [CH2]CCCCC[SH]1C=CC=C1. The number of unbranched alkanes of at least 4 members (excludes halogenated alkanes) is 3. The van der Waals surface area contributed by atoms with E-state index in [1.807, 2.05) is 0 Å². The Bertz CT molecular complexity index is 135. The Kier molecular flexibility index (Phi) is 4.44. The Morgan fingerprint density at radius 2 is 1.73 bits per heavy atom. The highest BCUT2D eigenvalue weighted by Gasteiger charge is 1.97. The Hall–Kier alpha value is -0.170. The summed E-state index contributed by atoms with van der Waals surface area (Å²) in [6.07, 6.45) is 9.50. The maximum absolute atomic E-state index is 3.83. The molecule has 1 heterocycles. The van der Waals surface area contributed by atoms with E-state index in [1.165, 1.54) is 25.0 Å². The summed E-state index contributed by atoms with van der Waals surface area (Å²) in [5.74, 6) is 1.39. The fourth-order valence-electron chi connectivity index (χ4n) is 1.17. The first-order valence-electron chi connectivity index (χ1n) is 4.33. The summed E-state index contributed by atoms with van der Waals surface area (Å²) in [5.41, 5.74) is 0. The van der Waals surface area contributed by atoms with Gasteiger partial charge in [0.25, 0.3) is 0 Å². The van der Waals surface area contributed by atoms with E-state index in [2.05, 4.69) is 29.9 Å². The molecule has 1 rings (SSSR count). The molecule has 0 bridgehead atoms. The summed E-state index contributed by atoms with van der Waals surface area (Å²) in [6.45, 7) is 3.83. The molecule has 0 unspecified atom stereocenters. The zero-order chi connectivity index (χ0) is 7.94. The molecule has 0 N–H and O–H groups in total. The van der Waals surface area contributed by atoms with E-state index in [4.69, 9.17) is 0 Å². The third-order valence-electron chi connectivity index (χ3n) is 1.83. The van der Waals surface area contributed by atoms with Crippen LogP contribution in [0.3, 0.4) is 0 Å². The highest BCUT2D eigenvalue weighted by atomic mass is 32.2. The molecule has 0 fully saturated rings. The predicted molar refractivity (Wildman–Crippen MR) is 56.0 cm³/mol. The fourth-order valence-corrected chi connectivity index (χ4v) is 2.79. The van der Waals surface area contributed by atoms with Gasteiger partial charge in [-0.1, -0.05) is 38.3 Å². The summed E-state index contributed by atoms with van der Waals surface area (Å²) in [5, 5.41) is 4.69. The Morgan fingerprint density at radius 3 is 2.36 bits per heavy atom. The molecule has 0 nitrogen and oxygen atoms in total. The lowest BCUT2D eigenvalue weighted by Crippen LogP contribution is -1.82. The van der Waals surface area contributed by atoms with Gasteiger partial charge in [0.1, 0.15) is 0 Å². The summed E-state index contributed by atoms with van der Waals surface area (Å²) in [7, 11) is 0.157. The minimum absolute atomic E-state index is 0.157. The van der Waals surface area contributed by atoms with Gasteiger partial charge in [0.05, 0.1) is 0 Å². The fraction of sp³-hybridized carbons (Fsp3) is 0.500. The van der Waals surface area contributed by atoms with Crippen LogP contribution in [0.5, 0.6) is 0 Å². The van der Waals surface area contributed by atoms with Gasteiger partial charge in [0, 0.05) is 0 Å². The van der Waals surface area contributed by atoms with Crippen LogP contribution in [0.25, 0.3) is 0 Å². The van der Waals surface area contributed by atoms with E-state index in [1.54, 1.807) is 0 Å². The highest BCUT2D eigenvalue weighted by Crippen LogP contribution is 2.33. The number of rotatable bonds is 5. The number of hydrogen-bond acceptors (Lipinski definition) is 0. The molecule has 63 valence electrons. The van der Waals surface area contributed by atoms with Crippen LogP contribution in [0, 0.1) is 6.92 Å². The molecule has 11 heavy (non-hydrogen) atoms. The van der Waals surface area contributed by atoms with Crippen molar-refractivity contribution in [2.45, 2.75) is 25.7 Å². The molecule has 0 saturated carbocycles. The van der Waals surface area contributed by atoms with Gasteiger partial charge >= 0.3 is 0 Å². The second-order valence-electron chi connectivity index (χ2n) is 2.84. The van der Waals surface area contributed by atoms with Gasteiger partial charge in [-0.3, -0.25) is 0 Å². The maximum atomic E-state index is 3.83. The number of thiol groups is 1. The summed E-state index contributed by atoms with van der Waals surface area (Å²) in [4.78, 5) is 0. The average Bonchev–Trinajstić information content (AvgIpc) is 2.50. The smallest absolute Gasteiger partial charge is 0.0185 e. The van der Waals surface area contributed by atoms with Crippen LogP contribution in [0.1, 0.15) is 25.7 Å². The first kappa shape index (κ1) is 8.92. The van der Waals surface area contributed by atoms with Gasteiger partial charge in [-0.15, -0.1) is 0 Å². The molecule has 0 saturated heterocycles. The van der Waals surface area contributed by atoms with Gasteiger partial charge < -0.3 is 0 Å². The number of allylic oxidation sites excluding steroid dienone is 2. The van der Waals surface area contributed by atoms with Gasteiger partial charge in [0.15, 0.2) is 0 Å². The maximum Gasteiger partial charge on any atom is -0.0185 e. The molecule has 1 aliphatic rings. The van der Waals surface area contributed by atoms with Crippen molar-refractivity contribution in [3.63, 3.8) is 0 Å². The Morgan fingerprint density at radius 1 is 1.00 bits per heavy atom. The molecule has 1 radical (unpaired) electrons. The lowest BCUT2D eigenvalue weighted by atomic mass is 10.2. The van der Waals surface area contributed by atoms with Crippen molar-refractivity contribution in [1.29, 1.82) is 0 Å². The van der Waals surface area contributed by atoms with Crippen molar-refractivity contribution in [1.82, 2.24) is 0 Å². The normalized spacial score (nSPS) is 18.1. The summed E-state index contributed by atoms with van der Waals surface area (Å²) < 4.78 is 0. The van der Waals surface area contributed by atoms with Crippen LogP contribution in [0.2, 0.25) is 0 Å². The first-order valence-corrected chi connectivity index (χ1v) is 6.00. The van der Waals surface area contributed by atoms with E-state index >= 15 is 0 Å². The van der Waals surface area contributed by atoms with E-state index in [9.17, 15) is 0 Å². The van der Waals surface area contributed by atoms with Crippen molar-refractivity contribution in [3.05, 3.63) is 29.9 Å². The molecule has 0 aromatic rings. The molecule has 0 spiro atoms. The molecule has 0 aliphatic carbocycles. The van der Waals surface area contributed by atoms with Crippen molar-refractivity contribution >= 4 is 10.9 Å². The minimum atomic E-state index is 0.157. The van der Waals surface area contributed by atoms with Crippen molar-refractivity contribution in [3.8, 4) is 0 Å². The molecule has 1 aliphatic heterocycles. The zero-order valence-electron chi connectivity index (χ0n) is 7.00. The highest BCUT2D eigenvalue weighted by molar-refractivity contribution is 8.22. The monoisotopic (exact) mass is 169 g/mol. The van der Waals surface area contributed by atoms with Crippen LogP contribution in [0.15, 0.2) is 23.0 Å². The standard InChI is InChI=1S/C10H17S/c1-2-3-4-5-8-11-9-6-7-10-11/h6-7,9-11H,1-5,8H2. The van der Waals surface area contributed by atoms with Gasteiger partial charge in [-0.25, -0.2) is 10.9 Å². The summed E-state index contributed by atoms with van der Waals surface area (Å²) in [6, 6.07) is 0. The molecule has 0 aromatic heterocycles. The van der Waals surface area contributed by atoms with Crippen LogP contribution in [-0.4, -0.2) is 5.75 Å². The number of hydrogen-bond donors (Lipinski definition) is 1. The quantitative estimate of drug-likeness (QED) is 0.473. The average molecular weight is 169 g/mol. The van der Waals surface area contributed by atoms with E-state index < -0.39 is 0 Å². The largest absolute Gasteiger partial charge is 0.213 e. The Balaban J connectivity index is 1.95. The van der Waals surface area contributed by atoms with Crippen LogP contribution in [-0.2, 0) is 0 Å². The third kappa shape index (κ3) is 3.66. The molecular weight excluding hydrogens is 152 g/mol. The molecular formula is C10H17S. The molecule has 0 atom stereocenters. The van der Waals surface area contributed by atoms with Crippen LogP contribution in [0.4, 0.5) is 0 Å². The lowest BCUT2D eigenvalue weighted by molar-refractivity contribution is 0.733. The second kappa shape index (κ2) is 5.48. The predicted octanol–water partition coefficient (Wildman–Crippen LogP) is 3.42. The van der Waals surface area contributed by atoms with E-state index in [0.717, 1.165) is 6.42 Å². The minimum Gasteiger partial charge on any atom is -0.213 e. The molecule has 0 amide bonds.